The van der Waals surface area contributed by atoms with E-state index in [1.807, 2.05) is 7.05 Å². The summed E-state index contributed by atoms with van der Waals surface area (Å²) in [7, 11) is -0.501. The molecule has 7 heteroatoms. The fraction of sp³-hybridized carbons (Fsp3) is 0.533. The lowest BCUT2D eigenvalue weighted by molar-refractivity contribution is 0.0600. The fourth-order valence-corrected chi connectivity index (χ4v) is 4.43. The maximum atomic E-state index is 12.9. The van der Waals surface area contributed by atoms with E-state index in [2.05, 4.69) is 10.1 Å². The molecule has 1 N–H and O–H groups in total. The summed E-state index contributed by atoms with van der Waals surface area (Å²) in [4.78, 5) is 11.8. The number of likely N-dealkylation sites (N-methyl/N-ethyl adjacent to an activating group) is 1. The van der Waals surface area contributed by atoms with Crippen molar-refractivity contribution < 1.29 is 17.9 Å². The first-order valence-electron chi connectivity index (χ1n) is 7.26. The van der Waals surface area contributed by atoms with Gasteiger partial charge in [0.25, 0.3) is 0 Å². The zero-order valence-electron chi connectivity index (χ0n) is 13.1. The summed E-state index contributed by atoms with van der Waals surface area (Å²) in [6.45, 7) is 2.68. The number of nitrogens with zero attached hydrogens (tertiary/aromatic N) is 1. The topological polar surface area (TPSA) is 75.7 Å². The molecule has 1 aromatic carbocycles. The molecule has 0 aromatic heterocycles. The number of esters is 1. The van der Waals surface area contributed by atoms with Gasteiger partial charge >= 0.3 is 5.97 Å². The smallest absolute Gasteiger partial charge is 0.337 e. The average Bonchev–Trinajstić information content (AvgIpc) is 2.54. The number of aryl methyl sites for hydroxylation is 1. The lowest BCUT2D eigenvalue weighted by Crippen LogP contribution is -2.47. The number of rotatable bonds is 4. The number of sulfonamides is 1. The second-order valence-electron chi connectivity index (χ2n) is 5.46. The van der Waals surface area contributed by atoms with E-state index in [0.29, 0.717) is 18.7 Å². The van der Waals surface area contributed by atoms with Crippen molar-refractivity contribution in [2.24, 2.45) is 0 Å². The minimum atomic E-state index is -3.61. The summed E-state index contributed by atoms with van der Waals surface area (Å²) in [6, 6.07) is 4.78. The van der Waals surface area contributed by atoms with E-state index in [9.17, 15) is 13.2 Å². The molecule has 1 aromatic rings. The van der Waals surface area contributed by atoms with Gasteiger partial charge in [0.1, 0.15) is 0 Å². The van der Waals surface area contributed by atoms with Gasteiger partial charge in [0.2, 0.25) is 10.0 Å². The van der Waals surface area contributed by atoms with Gasteiger partial charge in [-0.05, 0) is 44.5 Å². The Balaban J connectivity index is 2.38. The first kappa shape index (κ1) is 16.9. The Morgan fingerprint density at radius 3 is 2.77 bits per heavy atom. The Hall–Kier alpha value is -1.44. The Morgan fingerprint density at radius 2 is 2.14 bits per heavy atom. The molecule has 0 bridgehead atoms. The number of methoxy groups -OCH3 is 1. The van der Waals surface area contributed by atoms with Crippen LogP contribution in [0.3, 0.4) is 0 Å². The summed E-state index contributed by atoms with van der Waals surface area (Å²) in [5, 5.41) is 3.13. The third kappa shape index (κ3) is 3.31. The molecule has 0 saturated carbocycles. The van der Waals surface area contributed by atoms with Crippen LogP contribution in [0.4, 0.5) is 0 Å². The maximum Gasteiger partial charge on any atom is 0.337 e. The highest BCUT2D eigenvalue weighted by Crippen LogP contribution is 2.24. The van der Waals surface area contributed by atoms with Crippen LogP contribution in [0, 0.1) is 6.92 Å². The first-order chi connectivity index (χ1) is 10.4. The van der Waals surface area contributed by atoms with Gasteiger partial charge in [-0.25, -0.2) is 13.2 Å². The van der Waals surface area contributed by atoms with Crippen molar-refractivity contribution in [2.75, 3.05) is 27.2 Å². The zero-order valence-corrected chi connectivity index (χ0v) is 13.9. The van der Waals surface area contributed by atoms with E-state index >= 15 is 0 Å². The number of carbonyl (C=O) groups is 1. The van der Waals surface area contributed by atoms with Crippen LogP contribution < -0.4 is 5.32 Å². The van der Waals surface area contributed by atoms with Gasteiger partial charge in [-0.1, -0.05) is 6.07 Å². The molecule has 0 aliphatic carbocycles. The lowest BCUT2D eigenvalue weighted by atomic mass is 10.1. The van der Waals surface area contributed by atoms with Crippen LogP contribution in [-0.2, 0) is 14.8 Å². The second-order valence-corrected chi connectivity index (χ2v) is 7.37. The number of ether oxygens (including phenoxy) is 1. The van der Waals surface area contributed by atoms with E-state index < -0.39 is 16.0 Å². The number of hydrogen-bond donors (Lipinski definition) is 1. The average molecular weight is 326 g/mol. The highest BCUT2D eigenvalue weighted by atomic mass is 32.2. The van der Waals surface area contributed by atoms with E-state index in [1.54, 1.807) is 19.1 Å². The molecule has 1 heterocycles. The standard InChI is InChI=1S/C15H22N2O4S/c1-11-6-7-12(15(18)21-3)9-14(11)22(19,20)17-8-4-5-13(10-17)16-2/h6-7,9,13,16H,4-5,8,10H2,1-3H3. The molecule has 1 unspecified atom stereocenters. The van der Waals surface area contributed by atoms with Gasteiger partial charge in [-0.2, -0.15) is 4.31 Å². The SMILES string of the molecule is CNC1CCCN(S(=O)(=O)c2cc(C(=O)OC)ccc2C)C1. The molecular weight excluding hydrogens is 304 g/mol. The molecular formula is C15H22N2O4S. The minimum Gasteiger partial charge on any atom is -0.465 e. The van der Waals surface area contributed by atoms with Crippen molar-refractivity contribution in [1.29, 1.82) is 0 Å². The highest BCUT2D eigenvalue weighted by molar-refractivity contribution is 7.89. The molecule has 2 rings (SSSR count). The summed E-state index contributed by atoms with van der Waals surface area (Å²) in [5.41, 5.74) is 0.869. The third-order valence-electron chi connectivity index (χ3n) is 4.02. The fourth-order valence-electron chi connectivity index (χ4n) is 2.66. The van der Waals surface area contributed by atoms with Crippen molar-refractivity contribution in [3.8, 4) is 0 Å². The number of nitrogens with one attached hydrogen (secondary N) is 1. The molecule has 0 amide bonds. The summed E-state index contributed by atoms with van der Waals surface area (Å²) < 4.78 is 31.9. The third-order valence-corrected chi connectivity index (χ3v) is 6.03. The molecule has 22 heavy (non-hydrogen) atoms. The van der Waals surface area contributed by atoms with Gasteiger partial charge < -0.3 is 10.1 Å². The van der Waals surface area contributed by atoms with Crippen LogP contribution in [0.25, 0.3) is 0 Å². The van der Waals surface area contributed by atoms with Gasteiger partial charge in [0, 0.05) is 19.1 Å². The number of piperidine rings is 1. The lowest BCUT2D eigenvalue weighted by Gasteiger charge is -2.32. The molecule has 122 valence electrons. The number of hydrogen-bond acceptors (Lipinski definition) is 5. The first-order valence-corrected chi connectivity index (χ1v) is 8.70. The van der Waals surface area contributed by atoms with Gasteiger partial charge in [0.15, 0.2) is 0 Å². The Labute approximate surface area is 131 Å². The molecule has 1 fully saturated rings. The van der Waals surface area contributed by atoms with E-state index in [-0.39, 0.29) is 16.5 Å². The van der Waals surface area contributed by atoms with Crippen molar-refractivity contribution in [3.63, 3.8) is 0 Å². The highest BCUT2D eigenvalue weighted by Gasteiger charge is 2.31. The predicted octanol–water partition coefficient (Wildman–Crippen LogP) is 1.15. The normalized spacial score (nSPS) is 19.9. The van der Waals surface area contributed by atoms with Crippen LogP contribution in [0.15, 0.2) is 23.1 Å². The molecule has 1 aliphatic heterocycles. The zero-order chi connectivity index (χ0) is 16.3. The minimum absolute atomic E-state index is 0.160. The van der Waals surface area contributed by atoms with Crippen LogP contribution in [0.5, 0.6) is 0 Å². The second kappa shape index (κ2) is 6.76. The summed E-state index contributed by atoms with van der Waals surface area (Å²) in [5.74, 6) is -0.539. The molecule has 1 aliphatic rings. The summed E-state index contributed by atoms with van der Waals surface area (Å²) in [6.07, 6.45) is 1.78. The molecule has 1 saturated heterocycles. The number of carbonyl (C=O) groups excluding carboxylic acids is 1. The Bertz CT molecular complexity index is 658. The maximum absolute atomic E-state index is 12.9. The monoisotopic (exact) mass is 326 g/mol. The Kier molecular flexibility index (Phi) is 5.20. The van der Waals surface area contributed by atoms with Crippen molar-refractivity contribution in [3.05, 3.63) is 29.3 Å². The van der Waals surface area contributed by atoms with E-state index in [0.717, 1.165) is 12.8 Å². The van der Waals surface area contributed by atoms with E-state index in [4.69, 9.17) is 0 Å². The van der Waals surface area contributed by atoms with Crippen molar-refractivity contribution in [1.82, 2.24) is 9.62 Å². The van der Waals surface area contributed by atoms with Crippen molar-refractivity contribution >= 4 is 16.0 Å². The van der Waals surface area contributed by atoms with Crippen LogP contribution >= 0.6 is 0 Å². The molecule has 6 nitrogen and oxygen atoms in total. The van der Waals surface area contributed by atoms with Crippen LogP contribution in [0.1, 0.15) is 28.8 Å². The van der Waals surface area contributed by atoms with Gasteiger partial charge in [-0.15, -0.1) is 0 Å². The molecule has 0 spiro atoms. The van der Waals surface area contributed by atoms with Crippen molar-refractivity contribution in [2.45, 2.75) is 30.7 Å². The predicted molar refractivity (Wildman–Crippen MR) is 83.4 cm³/mol. The van der Waals surface area contributed by atoms with Gasteiger partial charge in [0.05, 0.1) is 17.6 Å². The van der Waals surface area contributed by atoms with Crippen LogP contribution in [-0.4, -0.2) is 52.0 Å². The van der Waals surface area contributed by atoms with Gasteiger partial charge in [-0.3, -0.25) is 0 Å². The molecule has 0 radical (unpaired) electrons. The number of benzene rings is 1. The van der Waals surface area contributed by atoms with Crippen LogP contribution in [0.2, 0.25) is 0 Å². The quantitative estimate of drug-likeness (QED) is 0.840. The Morgan fingerprint density at radius 1 is 1.41 bits per heavy atom. The summed E-state index contributed by atoms with van der Waals surface area (Å²) >= 11 is 0. The largest absolute Gasteiger partial charge is 0.465 e. The molecule has 1 atom stereocenters. The van der Waals surface area contributed by atoms with E-state index in [1.165, 1.54) is 17.5 Å².